The molecule has 1 N–H and O–H groups in total. The van der Waals surface area contributed by atoms with E-state index in [4.69, 9.17) is 4.52 Å². The molecule has 2 aliphatic heterocycles. The van der Waals surface area contributed by atoms with Crippen LogP contribution in [0.4, 0.5) is 11.4 Å². The van der Waals surface area contributed by atoms with Gasteiger partial charge >= 0.3 is 0 Å². The summed E-state index contributed by atoms with van der Waals surface area (Å²) in [6.07, 6.45) is 2.79. The van der Waals surface area contributed by atoms with Crippen LogP contribution in [0.2, 0.25) is 0 Å². The standard InChI is InChI=1S/C22H31N5O4S/c1-3-25-11-13-26(14-12-25)20-8-7-18(32(29,30)27-9-5-4-6-10-27)16-19(20)23-22(28)21-15-17(2)24-31-21/h7-8,15-16H,3-6,9-14H2,1-2H3,(H,23,28). The van der Waals surface area contributed by atoms with Gasteiger partial charge in [0.05, 0.1) is 22.0 Å². The van der Waals surface area contributed by atoms with Crippen LogP contribution >= 0.6 is 0 Å². The number of hydrogen-bond donors (Lipinski definition) is 1. The number of aryl methyl sites for hydroxylation is 1. The second-order valence-electron chi connectivity index (χ2n) is 8.35. The summed E-state index contributed by atoms with van der Waals surface area (Å²) in [7, 11) is -3.62. The number of hydrogen-bond acceptors (Lipinski definition) is 7. The Hall–Kier alpha value is -2.43. The predicted octanol–water partition coefficient (Wildman–Crippen LogP) is 2.55. The Balaban J connectivity index is 1.65. The molecule has 2 fully saturated rings. The lowest BCUT2D eigenvalue weighted by atomic mass is 10.2. The molecule has 0 aliphatic carbocycles. The quantitative estimate of drug-likeness (QED) is 0.706. The molecule has 9 nitrogen and oxygen atoms in total. The van der Waals surface area contributed by atoms with Crippen molar-refractivity contribution in [2.24, 2.45) is 0 Å². The summed E-state index contributed by atoms with van der Waals surface area (Å²) in [6.45, 7) is 9.37. The third-order valence-corrected chi connectivity index (χ3v) is 8.08. The number of anilines is 2. The molecule has 2 aliphatic rings. The van der Waals surface area contributed by atoms with E-state index in [-0.39, 0.29) is 10.7 Å². The van der Waals surface area contributed by atoms with Crippen LogP contribution < -0.4 is 10.2 Å². The van der Waals surface area contributed by atoms with E-state index in [9.17, 15) is 13.2 Å². The highest BCUT2D eigenvalue weighted by Crippen LogP contribution is 2.32. The fraction of sp³-hybridized carbons (Fsp3) is 0.545. The van der Waals surface area contributed by atoms with Gasteiger partial charge in [0.15, 0.2) is 0 Å². The zero-order chi connectivity index (χ0) is 22.7. The van der Waals surface area contributed by atoms with E-state index < -0.39 is 15.9 Å². The third kappa shape index (κ3) is 4.82. The lowest BCUT2D eigenvalue weighted by Gasteiger charge is -2.36. The van der Waals surface area contributed by atoms with Crippen molar-refractivity contribution < 1.29 is 17.7 Å². The van der Waals surface area contributed by atoms with E-state index in [1.54, 1.807) is 31.2 Å². The zero-order valence-electron chi connectivity index (χ0n) is 18.7. The van der Waals surface area contributed by atoms with Crippen molar-refractivity contribution in [3.05, 3.63) is 35.7 Å². The molecule has 1 amide bonds. The zero-order valence-corrected chi connectivity index (χ0v) is 19.5. The summed E-state index contributed by atoms with van der Waals surface area (Å²) < 4.78 is 33.1. The van der Waals surface area contributed by atoms with Gasteiger partial charge in [0.1, 0.15) is 0 Å². The van der Waals surface area contributed by atoms with Gasteiger partial charge in [-0.1, -0.05) is 18.5 Å². The Kier molecular flexibility index (Phi) is 6.82. The average Bonchev–Trinajstić information content (AvgIpc) is 3.26. The maximum absolute atomic E-state index is 13.2. The molecule has 0 saturated carbocycles. The Morgan fingerprint density at radius 3 is 2.41 bits per heavy atom. The summed E-state index contributed by atoms with van der Waals surface area (Å²) in [5.74, 6) is -0.361. The summed E-state index contributed by atoms with van der Waals surface area (Å²) in [5.41, 5.74) is 1.88. The normalized spacial score (nSPS) is 18.6. The predicted molar refractivity (Wildman–Crippen MR) is 123 cm³/mol. The van der Waals surface area contributed by atoms with Gasteiger partial charge in [-0.15, -0.1) is 0 Å². The third-order valence-electron chi connectivity index (χ3n) is 6.18. The van der Waals surface area contributed by atoms with Crippen LogP contribution in [-0.4, -0.2) is 74.5 Å². The summed E-state index contributed by atoms with van der Waals surface area (Å²) in [6, 6.07) is 6.59. The average molecular weight is 462 g/mol. The van der Waals surface area contributed by atoms with Gasteiger partial charge in [0.2, 0.25) is 15.8 Å². The number of aromatic nitrogens is 1. The highest BCUT2D eigenvalue weighted by Gasteiger charge is 2.28. The minimum absolute atomic E-state index is 0.0912. The number of benzene rings is 1. The number of piperidine rings is 1. The summed E-state index contributed by atoms with van der Waals surface area (Å²) in [5, 5.41) is 6.64. The minimum atomic E-state index is -3.62. The first-order valence-electron chi connectivity index (χ1n) is 11.2. The van der Waals surface area contributed by atoms with Crippen LogP contribution in [-0.2, 0) is 10.0 Å². The highest BCUT2D eigenvalue weighted by atomic mass is 32.2. The van der Waals surface area contributed by atoms with Crippen LogP contribution in [0.5, 0.6) is 0 Å². The fourth-order valence-electron chi connectivity index (χ4n) is 4.27. The molecule has 4 rings (SSSR count). The molecule has 0 atom stereocenters. The first kappa shape index (κ1) is 22.8. The van der Waals surface area contributed by atoms with Crippen molar-refractivity contribution >= 4 is 27.3 Å². The summed E-state index contributed by atoms with van der Waals surface area (Å²) >= 11 is 0. The van der Waals surface area contributed by atoms with Crippen molar-refractivity contribution in [1.82, 2.24) is 14.4 Å². The van der Waals surface area contributed by atoms with E-state index >= 15 is 0 Å². The van der Waals surface area contributed by atoms with Gasteiger partial charge < -0.3 is 19.6 Å². The second-order valence-corrected chi connectivity index (χ2v) is 10.3. The molecular weight excluding hydrogens is 430 g/mol. The van der Waals surface area contributed by atoms with Gasteiger partial charge in [-0.3, -0.25) is 4.79 Å². The Labute approximate surface area is 189 Å². The maximum Gasteiger partial charge on any atom is 0.294 e. The summed E-state index contributed by atoms with van der Waals surface area (Å²) in [4.78, 5) is 17.5. The number of amides is 1. The first-order chi connectivity index (χ1) is 15.4. The van der Waals surface area contributed by atoms with Crippen LogP contribution in [0.3, 0.4) is 0 Å². The smallest absolute Gasteiger partial charge is 0.294 e. The monoisotopic (exact) mass is 461 g/mol. The lowest BCUT2D eigenvalue weighted by Crippen LogP contribution is -2.46. The maximum atomic E-state index is 13.2. The SMILES string of the molecule is CCN1CCN(c2ccc(S(=O)(=O)N3CCCCC3)cc2NC(=O)c2cc(C)no2)CC1. The van der Waals surface area contributed by atoms with E-state index in [1.165, 1.54) is 4.31 Å². The van der Waals surface area contributed by atoms with Crippen molar-refractivity contribution in [3.63, 3.8) is 0 Å². The topological polar surface area (TPSA) is 99.0 Å². The Bertz CT molecular complexity index is 1050. The highest BCUT2D eigenvalue weighted by molar-refractivity contribution is 7.89. The Morgan fingerprint density at radius 2 is 1.78 bits per heavy atom. The van der Waals surface area contributed by atoms with Crippen LogP contribution in [0.15, 0.2) is 33.7 Å². The molecule has 0 bridgehead atoms. The number of carbonyl (C=O) groups is 1. The molecule has 0 radical (unpaired) electrons. The molecule has 174 valence electrons. The number of piperazine rings is 1. The van der Waals surface area contributed by atoms with Crippen LogP contribution in [0.1, 0.15) is 42.4 Å². The van der Waals surface area contributed by atoms with Gasteiger partial charge in [0.25, 0.3) is 5.91 Å². The lowest BCUT2D eigenvalue weighted by molar-refractivity contribution is 0.0988. The van der Waals surface area contributed by atoms with E-state index in [0.717, 1.165) is 57.7 Å². The van der Waals surface area contributed by atoms with E-state index in [1.807, 2.05) is 0 Å². The number of carbonyl (C=O) groups excluding carboxylic acids is 1. The molecule has 2 saturated heterocycles. The van der Waals surface area contributed by atoms with Gasteiger partial charge in [-0.05, 0) is 44.5 Å². The first-order valence-corrected chi connectivity index (χ1v) is 12.7. The van der Waals surface area contributed by atoms with Crippen LogP contribution in [0, 0.1) is 6.92 Å². The van der Waals surface area contributed by atoms with Gasteiger partial charge in [-0.2, -0.15) is 4.31 Å². The molecule has 1 aromatic carbocycles. The van der Waals surface area contributed by atoms with Crippen LogP contribution in [0.25, 0.3) is 0 Å². The van der Waals surface area contributed by atoms with Gasteiger partial charge in [-0.25, -0.2) is 8.42 Å². The number of sulfonamides is 1. The van der Waals surface area contributed by atoms with Crippen molar-refractivity contribution in [2.75, 3.05) is 56.0 Å². The molecule has 0 unspecified atom stereocenters. The molecule has 10 heteroatoms. The molecule has 0 spiro atoms. The molecule has 2 aromatic rings. The number of nitrogens with zero attached hydrogens (tertiary/aromatic N) is 4. The second kappa shape index (κ2) is 9.60. The van der Waals surface area contributed by atoms with Crippen molar-refractivity contribution in [2.45, 2.75) is 38.0 Å². The largest absolute Gasteiger partial charge is 0.367 e. The Morgan fingerprint density at radius 1 is 1.06 bits per heavy atom. The van der Waals surface area contributed by atoms with E-state index in [2.05, 4.69) is 27.2 Å². The fourth-order valence-corrected chi connectivity index (χ4v) is 5.81. The molecule has 32 heavy (non-hydrogen) atoms. The van der Waals surface area contributed by atoms with Gasteiger partial charge in [0, 0.05) is 45.3 Å². The number of likely N-dealkylation sites (N-methyl/N-ethyl adjacent to an activating group) is 1. The molecule has 3 heterocycles. The van der Waals surface area contributed by atoms with E-state index in [0.29, 0.717) is 24.5 Å². The molecule has 1 aromatic heterocycles. The number of nitrogens with one attached hydrogen (secondary N) is 1. The van der Waals surface area contributed by atoms with Crippen molar-refractivity contribution in [3.8, 4) is 0 Å². The number of rotatable bonds is 6. The molecular formula is C22H31N5O4S. The minimum Gasteiger partial charge on any atom is -0.367 e. The van der Waals surface area contributed by atoms with Crippen molar-refractivity contribution in [1.29, 1.82) is 0 Å².